The fourth-order valence-corrected chi connectivity index (χ4v) is 4.33. The van der Waals surface area contributed by atoms with Gasteiger partial charge in [-0.3, -0.25) is 0 Å². The minimum absolute atomic E-state index is 0.0731. The third-order valence-electron chi connectivity index (χ3n) is 6.14. The predicted molar refractivity (Wildman–Crippen MR) is 128 cm³/mol. The quantitative estimate of drug-likeness (QED) is 0.427. The molecule has 0 bridgehead atoms. The molecule has 3 N–H and O–H groups in total. The average molecular weight is 465 g/mol. The van der Waals surface area contributed by atoms with Crippen LogP contribution in [0.3, 0.4) is 0 Å². The molecule has 6 heteroatoms. The maximum atomic E-state index is 11.6. The summed E-state index contributed by atoms with van der Waals surface area (Å²) in [6.45, 7) is 0.668. The maximum absolute atomic E-state index is 11.6. The van der Waals surface area contributed by atoms with Crippen molar-refractivity contribution in [2.24, 2.45) is 0 Å². The largest absolute Gasteiger partial charge is 0.390 e. The molecule has 0 saturated heterocycles. The molecule has 1 aliphatic rings. The molecule has 0 aliphatic heterocycles. The lowest BCUT2D eigenvalue weighted by Gasteiger charge is -2.47. The second-order valence-corrected chi connectivity index (χ2v) is 8.82. The summed E-state index contributed by atoms with van der Waals surface area (Å²) in [6.07, 6.45) is -4.33. The summed E-state index contributed by atoms with van der Waals surface area (Å²) < 4.78 is 18.1. The van der Waals surface area contributed by atoms with E-state index in [0.29, 0.717) is 6.61 Å². The number of hydrogen-bond donors (Lipinski definition) is 3. The van der Waals surface area contributed by atoms with Crippen LogP contribution < -0.4 is 0 Å². The summed E-state index contributed by atoms with van der Waals surface area (Å²) in [6, 6.07) is 28.8. The van der Waals surface area contributed by atoms with Gasteiger partial charge in [0.1, 0.15) is 23.9 Å². The van der Waals surface area contributed by atoms with E-state index in [2.05, 4.69) is 0 Å². The Balaban J connectivity index is 1.51. The highest BCUT2D eigenvalue weighted by Crippen LogP contribution is 2.35. The van der Waals surface area contributed by atoms with Crippen LogP contribution in [0, 0.1) is 0 Å². The monoisotopic (exact) mass is 464 g/mol. The maximum Gasteiger partial charge on any atom is 0.119 e. The number of ether oxygens (including phenoxy) is 3. The van der Waals surface area contributed by atoms with E-state index in [0.717, 1.165) is 16.7 Å². The minimum Gasteiger partial charge on any atom is -0.390 e. The van der Waals surface area contributed by atoms with Gasteiger partial charge in [0.05, 0.1) is 32.5 Å². The van der Waals surface area contributed by atoms with Crippen LogP contribution in [0.1, 0.15) is 23.1 Å². The first-order valence-electron chi connectivity index (χ1n) is 11.6. The Morgan fingerprint density at radius 2 is 1.15 bits per heavy atom. The van der Waals surface area contributed by atoms with Gasteiger partial charge >= 0.3 is 0 Å². The number of aliphatic hydroxyl groups is 3. The van der Waals surface area contributed by atoms with Gasteiger partial charge < -0.3 is 29.5 Å². The van der Waals surface area contributed by atoms with Crippen molar-refractivity contribution in [2.45, 2.75) is 56.3 Å². The first kappa shape index (κ1) is 24.5. The zero-order valence-electron chi connectivity index (χ0n) is 19.1. The van der Waals surface area contributed by atoms with Gasteiger partial charge in [-0.05, 0) is 16.7 Å². The Morgan fingerprint density at radius 1 is 0.676 bits per heavy atom. The third kappa shape index (κ3) is 6.30. The highest BCUT2D eigenvalue weighted by molar-refractivity contribution is 5.16. The molecular formula is C28H32O6. The van der Waals surface area contributed by atoms with Crippen LogP contribution in [-0.2, 0) is 34.0 Å². The smallest absolute Gasteiger partial charge is 0.119 e. The third-order valence-corrected chi connectivity index (χ3v) is 6.14. The van der Waals surface area contributed by atoms with Gasteiger partial charge in [0, 0.05) is 6.42 Å². The topological polar surface area (TPSA) is 88.4 Å². The van der Waals surface area contributed by atoms with Crippen LogP contribution in [0.5, 0.6) is 0 Å². The molecule has 0 spiro atoms. The van der Waals surface area contributed by atoms with Gasteiger partial charge in [0.2, 0.25) is 0 Å². The van der Waals surface area contributed by atoms with Crippen molar-refractivity contribution < 1.29 is 29.5 Å². The van der Waals surface area contributed by atoms with Crippen molar-refractivity contribution in [3.63, 3.8) is 0 Å². The first-order chi connectivity index (χ1) is 16.5. The Morgan fingerprint density at radius 3 is 1.68 bits per heavy atom. The molecule has 34 heavy (non-hydrogen) atoms. The summed E-state index contributed by atoms with van der Waals surface area (Å²) >= 11 is 0. The van der Waals surface area contributed by atoms with Crippen molar-refractivity contribution in [1.29, 1.82) is 0 Å². The van der Waals surface area contributed by atoms with Gasteiger partial charge in [-0.1, -0.05) is 91.0 Å². The van der Waals surface area contributed by atoms with E-state index in [9.17, 15) is 15.3 Å². The number of hydrogen-bond acceptors (Lipinski definition) is 6. The molecule has 0 radical (unpaired) electrons. The molecule has 3 aromatic rings. The number of rotatable bonds is 10. The Hall–Kier alpha value is -2.58. The highest BCUT2D eigenvalue weighted by Gasteiger charge is 2.54. The van der Waals surface area contributed by atoms with Crippen LogP contribution in [0.25, 0.3) is 0 Å². The second kappa shape index (κ2) is 11.7. The SMILES string of the molecule is O[C@@H]1[C@@H](OCc2ccccc2)[C@H](OCc2ccccc2)[C@@](O)(COCc2ccccc2)C[C@@H]1O. The van der Waals surface area contributed by atoms with Crippen LogP contribution in [-0.4, -0.2) is 51.9 Å². The average Bonchev–Trinajstić information content (AvgIpc) is 2.86. The van der Waals surface area contributed by atoms with Crippen LogP contribution in [0.2, 0.25) is 0 Å². The van der Waals surface area contributed by atoms with Crippen LogP contribution in [0.15, 0.2) is 91.0 Å². The molecular weight excluding hydrogens is 432 g/mol. The summed E-state index contributed by atoms with van der Waals surface area (Å²) in [5.74, 6) is 0. The lowest BCUT2D eigenvalue weighted by Crippen LogP contribution is -2.65. The van der Waals surface area contributed by atoms with E-state index in [4.69, 9.17) is 14.2 Å². The number of benzene rings is 3. The molecule has 180 valence electrons. The van der Waals surface area contributed by atoms with E-state index in [1.54, 1.807) is 0 Å². The van der Waals surface area contributed by atoms with E-state index in [1.165, 1.54) is 0 Å². The molecule has 0 unspecified atom stereocenters. The molecule has 5 atom stereocenters. The lowest BCUT2D eigenvalue weighted by molar-refractivity contribution is -0.263. The minimum atomic E-state index is -1.55. The summed E-state index contributed by atoms with van der Waals surface area (Å²) in [7, 11) is 0. The fourth-order valence-electron chi connectivity index (χ4n) is 4.33. The fraction of sp³-hybridized carbons (Fsp3) is 0.357. The van der Waals surface area contributed by atoms with Crippen molar-refractivity contribution in [2.75, 3.05) is 6.61 Å². The zero-order chi connectivity index (χ0) is 23.8. The summed E-state index contributed by atoms with van der Waals surface area (Å²) in [4.78, 5) is 0. The van der Waals surface area contributed by atoms with E-state index in [-0.39, 0.29) is 26.2 Å². The molecule has 6 nitrogen and oxygen atoms in total. The van der Waals surface area contributed by atoms with Gasteiger partial charge in [-0.2, -0.15) is 0 Å². The number of aliphatic hydroxyl groups excluding tert-OH is 2. The molecule has 4 rings (SSSR count). The Labute approximate surface area is 200 Å². The van der Waals surface area contributed by atoms with Crippen LogP contribution in [0.4, 0.5) is 0 Å². The second-order valence-electron chi connectivity index (χ2n) is 8.82. The van der Waals surface area contributed by atoms with Gasteiger partial charge in [-0.15, -0.1) is 0 Å². The first-order valence-corrected chi connectivity index (χ1v) is 11.6. The molecule has 1 aliphatic carbocycles. The molecule has 0 amide bonds. The van der Waals surface area contributed by atoms with Crippen molar-refractivity contribution >= 4 is 0 Å². The van der Waals surface area contributed by atoms with Crippen molar-refractivity contribution in [1.82, 2.24) is 0 Å². The van der Waals surface area contributed by atoms with Gasteiger partial charge in [-0.25, -0.2) is 0 Å². The van der Waals surface area contributed by atoms with Gasteiger partial charge in [0.15, 0.2) is 0 Å². The van der Waals surface area contributed by atoms with Crippen molar-refractivity contribution in [3.05, 3.63) is 108 Å². The van der Waals surface area contributed by atoms with Gasteiger partial charge in [0.25, 0.3) is 0 Å². The predicted octanol–water partition coefficient (Wildman–Crippen LogP) is 3.23. The lowest BCUT2D eigenvalue weighted by atomic mass is 9.77. The standard InChI is InChI=1S/C28H32O6/c29-24-16-28(31,20-32-17-21-10-4-1-5-11-21)27(34-19-23-14-8-3-9-15-23)26(25(24)30)33-18-22-12-6-2-7-13-22/h1-15,24-27,29-31H,16-20H2/t24-,25-,26+,27-,28-/m0/s1. The summed E-state index contributed by atoms with van der Waals surface area (Å²) in [5, 5.41) is 33.1. The Kier molecular flexibility index (Phi) is 8.45. The van der Waals surface area contributed by atoms with Crippen LogP contribution >= 0.6 is 0 Å². The zero-order valence-corrected chi connectivity index (χ0v) is 19.1. The highest BCUT2D eigenvalue weighted by atomic mass is 16.6. The van der Waals surface area contributed by atoms with Crippen molar-refractivity contribution in [3.8, 4) is 0 Å². The summed E-state index contributed by atoms with van der Waals surface area (Å²) in [5.41, 5.74) is 1.27. The molecule has 0 aromatic heterocycles. The van der Waals surface area contributed by atoms with E-state index < -0.39 is 30.0 Å². The molecule has 1 fully saturated rings. The molecule has 0 heterocycles. The van der Waals surface area contributed by atoms with E-state index >= 15 is 0 Å². The Bertz CT molecular complexity index is 984. The normalized spacial score (nSPS) is 26.9. The molecule has 1 saturated carbocycles. The van der Waals surface area contributed by atoms with E-state index in [1.807, 2.05) is 91.0 Å². The molecule has 3 aromatic carbocycles.